The first-order valence-electron chi connectivity index (χ1n) is 14.5. The zero-order valence-electron chi connectivity index (χ0n) is 24.5. The zero-order chi connectivity index (χ0) is 31.1. The lowest BCUT2D eigenvalue weighted by Crippen LogP contribution is -2.46. The number of hydrogen-bond acceptors (Lipinski definition) is 5. The van der Waals surface area contributed by atoms with E-state index in [2.05, 4.69) is 5.32 Å². The van der Waals surface area contributed by atoms with Crippen molar-refractivity contribution in [2.45, 2.75) is 64.6 Å². The van der Waals surface area contributed by atoms with Crippen LogP contribution in [0.15, 0.2) is 60.7 Å². The number of benzene rings is 3. The Morgan fingerprint density at radius 2 is 1.70 bits per heavy atom. The van der Waals surface area contributed by atoms with E-state index in [0.717, 1.165) is 41.3 Å². The van der Waals surface area contributed by atoms with Crippen molar-refractivity contribution in [2.24, 2.45) is 5.73 Å². The number of nitrogens with one attached hydrogen (secondary N) is 1. The molecule has 4 N–H and O–H groups in total. The number of halogens is 2. The van der Waals surface area contributed by atoms with E-state index in [4.69, 9.17) is 5.73 Å². The van der Waals surface area contributed by atoms with E-state index in [0.29, 0.717) is 29.9 Å². The molecule has 3 aromatic rings. The first-order chi connectivity index (χ1) is 20.5. The molecule has 0 unspecified atom stereocenters. The minimum absolute atomic E-state index is 0.00425. The van der Waals surface area contributed by atoms with Gasteiger partial charge in [0.25, 0.3) is 0 Å². The van der Waals surface area contributed by atoms with E-state index in [9.17, 15) is 28.3 Å². The van der Waals surface area contributed by atoms with Crippen molar-refractivity contribution in [3.8, 4) is 0 Å². The fraction of sp³-hybridized carbons (Fsp3) is 0.364. The minimum Gasteiger partial charge on any atom is -0.390 e. The summed E-state index contributed by atoms with van der Waals surface area (Å²) in [6.07, 6.45) is 0.0848. The van der Waals surface area contributed by atoms with E-state index in [-0.39, 0.29) is 50.1 Å². The lowest BCUT2D eigenvalue weighted by molar-refractivity contribution is -0.135. The predicted molar refractivity (Wildman–Crippen MR) is 161 cm³/mol. The van der Waals surface area contributed by atoms with Gasteiger partial charge in [0.05, 0.1) is 17.5 Å². The molecule has 0 saturated heterocycles. The number of amides is 3. The zero-order valence-corrected chi connectivity index (χ0v) is 24.5. The van der Waals surface area contributed by atoms with Crippen LogP contribution in [-0.4, -0.2) is 53.0 Å². The third-order valence-corrected chi connectivity index (χ3v) is 7.64. The van der Waals surface area contributed by atoms with Gasteiger partial charge in [-0.3, -0.25) is 14.4 Å². The summed E-state index contributed by atoms with van der Waals surface area (Å²) in [6.45, 7) is 4.11. The van der Waals surface area contributed by atoms with Crippen LogP contribution >= 0.6 is 0 Å². The number of rotatable bonds is 12. The Balaban J connectivity index is 1.43. The van der Waals surface area contributed by atoms with Crippen molar-refractivity contribution in [3.63, 3.8) is 0 Å². The van der Waals surface area contributed by atoms with Gasteiger partial charge in [0.2, 0.25) is 17.7 Å². The van der Waals surface area contributed by atoms with Gasteiger partial charge in [-0.25, -0.2) is 8.78 Å². The Hall–Kier alpha value is -4.15. The number of aryl methyl sites for hydroxylation is 1. The molecule has 0 aliphatic carbocycles. The van der Waals surface area contributed by atoms with Crippen LogP contribution in [0, 0.1) is 11.6 Å². The fourth-order valence-corrected chi connectivity index (χ4v) is 5.38. The highest BCUT2D eigenvalue weighted by atomic mass is 19.1. The molecule has 0 saturated carbocycles. The standard InChI is InChI=1S/C33H38F2N4O4/c1-3-22-6-4-7-23(14-22)19-38(20-30(41)28(36)17-24-15-26(34)18-27(35)16-24)32(43)11-10-31(42)37-29-9-5-8-25-12-13-39(21(2)40)33(25)29/h4-9,14-16,18,28,30,41H,3,10-13,17,19-20,36H2,1-2H3,(H,37,42)/t28-,30+/m0/s1. The summed E-state index contributed by atoms with van der Waals surface area (Å²) in [5, 5.41) is 13.8. The van der Waals surface area contributed by atoms with Gasteiger partial charge in [0.15, 0.2) is 0 Å². The van der Waals surface area contributed by atoms with E-state index in [1.165, 1.54) is 11.8 Å². The predicted octanol–water partition coefficient (Wildman–Crippen LogP) is 4.11. The molecular weight excluding hydrogens is 554 g/mol. The van der Waals surface area contributed by atoms with Crippen LogP contribution in [0.2, 0.25) is 0 Å². The minimum atomic E-state index is -1.19. The van der Waals surface area contributed by atoms with Crippen molar-refractivity contribution in [3.05, 3.63) is 94.6 Å². The van der Waals surface area contributed by atoms with Crippen LogP contribution in [0.25, 0.3) is 0 Å². The lowest BCUT2D eigenvalue weighted by atomic mass is 10.0. The van der Waals surface area contributed by atoms with Crippen molar-refractivity contribution < 1.29 is 28.3 Å². The van der Waals surface area contributed by atoms with Gasteiger partial charge >= 0.3 is 0 Å². The molecule has 2 atom stereocenters. The molecule has 3 amide bonds. The van der Waals surface area contributed by atoms with Gasteiger partial charge in [-0.15, -0.1) is 0 Å². The van der Waals surface area contributed by atoms with Crippen LogP contribution in [0.4, 0.5) is 20.2 Å². The van der Waals surface area contributed by atoms with Gasteiger partial charge < -0.3 is 26.0 Å². The van der Waals surface area contributed by atoms with Gasteiger partial charge in [0, 0.05) is 51.5 Å². The monoisotopic (exact) mass is 592 g/mol. The summed E-state index contributed by atoms with van der Waals surface area (Å²) in [4.78, 5) is 41.5. The second-order valence-electron chi connectivity index (χ2n) is 10.9. The van der Waals surface area contributed by atoms with E-state index in [1.807, 2.05) is 43.3 Å². The average Bonchev–Trinajstić information content (AvgIpc) is 3.41. The van der Waals surface area contributed by atoms with Gasteiger partial charge in [-0.2, -0.15) is 0 Å². The summed E-state index contributed by atoms with van der Waals surface area (Å²) in [6, 6.07) is 15.4. The molecule has 4 rings (SSSR count). The molecule has 0 spiro atoms. The Kier molecular flexibility index (Phi) is 10.6. The number of anilines is 2. The molecule has 1 aliphatic heterocycles. The number of nitrogens with zero attached hydrogens (tertiary/aromatic N) is 2. The molecule has 3 aromatic carbocycles. The maximum atomic E-state index is 13.7. The highest BCUT2D eigenvalue weighted by Crippen LogP contribution is 2.35. The number of fused-ring (bicyclic) bond motifs is 1. The Labute approximate surface area is 250 Å². The van der Waals surface area contributed by atoms with Crippen molar-refractivity contribution >= 4 is 29.1 Å². The average molecular weight is 593 g/mol. The Morgan fingerprint density at radius 1 is 1.00 bits per heavy atom. The highest BCUT2D eigenvalue weighted by molar-refractivity contribution is 6.02. The van der Waals surface area contributed by atoms with Crippen LogP contribution in [0.3, 0.4) is 0 Å². The molecule has 228 valence electrons. The number of carbonyl (C=O) groups is 3. The van der Waals surface area contributed by atoms with Gasteiger partial charge in [-0.1, -0.05) is 43.3 Å². The third kappa shape index (κ3) is 8.46. The molecule has 1 aliphatic rings. The molecule has 0 radical (unpaired) electrons. The molecule has 10 heteroatoms. The number of carbonyl (C=O) groups excluding carboxylic acids is 3. The lowest BCUT2D eigenvalue weighted by Gasteiger charge is -2.28. The Bertz CT molecular complexity index is 1460. The van der Waals surface area contributed by atoms with Crippen LogP contribution in [0.5, 0.6) is 0 Å². The summed E-state index contributed by atoms with van der Waals surface area (Å²) in [7, 11) is 0. The summed E-state index contributed by atoms with van der Waals surface area (Å²) < 4.78 is 27.3. The molecule has 0 fully saturated rings. The Morgan fingerprint density at radius 3 is 2.40 bits per heavy atom. The number of nitrogens with two attached hydrogens (primary N) is 1. The molecule has 43 heavy (non-hydrogen) atoms. The second-order valence-corrected chi connectivity index (χ2v) is 10.9. The van der Waals surface area contributed by atoms with Crippen LogP contribution in [0.1, 0.15) is 48.9 Å². The molecule has 0 aromatic heterocycles. The first kappa shape index (κ1) is 31.8. The van der Waals surface area contributed by atoms with Crippen molar-refractivity contribution in [1.29, 1.82) is 0 Å². The summed E-state index contributed by atoms with van der Waals surface area (Å²) in [5.74, 6) is -2.33. The molecular formula is C33H38F2N4O4. The summed E-state index contributed by atoms with van der Waals surface area (Å²) in [5.41, 5.74) is 10.6. The molecule has 1 heterocycles. The topological polar surface area (TPSA) is 116 Å². The first-order valence-corrected chi connectivity index (χ1v) is 14.5. The second kappa shape index (κ2) is 14.3. The van der Waals surface area contributed by atoms with Gasteiger partial charge in [-0.05, 0) is 59.7 Å². The van der Waals surface area contributed by atoms with Crippen molar-refractivity contribution in [1.82, 2.24) is 4.90 Å². The number of para-hydroxylation sites is 1. The maximum absolute atomic E-state index is 13.7. The van der Waals surface area contributed by atoms with Crippen LogP contribution < -0.4 is 16.0 Å². The third-order valence-electron chi connectivity index (χ3n) is 7.64. The van der Waals surface area contributed by atoms with Gasteiger partial charge in [0.1, 0.15) is 11.6 Å². The van der Waals surface area contributed by atoms with E-state index < -0.39 is 23.8 Å². The summed E-state index contributed by atoms with van der Waals surface area (Å²) >= 11 is 0. The largest absolute Gasteiger partial charge is 0.390 e. The molecule has 0 bridgehead atoms. The number of aliphatic hydroxyl groups is 1. The number of aliphatic hydroxyl groups excluding tert-OH is 1. The molecule has 8 nitrogen and oxygen atoms in total. The van der Waals surface area contributed by atoms with E-state index >= 15 is 0 Å². The quantitative estimate of drug-likeness (QED) is 0.293. The van der Waals surface area contributed by atoms with Crippen molar-refractivity contribution in [2.75, 3.05) is 23.3 Å². The normalized spacial score (nSPS) is 13.8. The SMILES string of the molecule is CCc1cccc(CN(C[C@@H](O)[C@@H](N)Cc2cc(F)cc(F)c2)C(=O)CCC(=O)Nc2cccc3c2N(C(C)=O)CC3)c1. The number of hydrogen-bond donors (Lipinski definition) is 3. The smallest absolute Gasteiger partial charge is 0.224 e. The fourth-order valence-electron chi connectivity index (χ4n) is 5.38. The highest BCUT2D eigenvalue weighted by Gasteiger charge is 2.27. The van der Waals surface area contributed by atoms with E-state index in [1.54, 1.807) is 11.0 Å². The maximum Gasteiger partial charge on any atom is 0.224 e. The van der Waals surface area contributed by atoms with Crippen LogP contribution in [-0.2, 0) is 40.2 Å².